The molecule has 98 valence electrons. The quantitative estimate of drug-likeness (QED) is 0.674. The zero-order valence-corrected chi connectivity index (χ0v) is 11.3. The number of hydrogen-bond acceptors (Lipinski definition) is 5. The lowest BCUT2D eigenvalue weighted by atomic mass is 10.0. The zero-order valence-electron chi connectivity index (χ0n) is 10.4. The normalized spacial score (nSPS) is 17.6. The van der Waals surface area contributed by atoms with Crippen LogP contribution in [-0.2, 0) is 16.0 Å². The molecule has 1 atom stereocenters. The van der Waals surface area contributed by atoms with Crippen LogP contribution >= 0.6 is 12.6 Å². The third-order valence-corrected chi connectivity index (χ3v) is 3.36. The molecule has 1 aliphatic heterocycles. The Labute approximate surface area is 112 Å². The fraction of sp³-hybridized carbons (Fsp3) is 0.462. The van der Waals surface area contributed by atoms with Crippen molar-refractivity contribution in [2.75, 3.05) is 14.2 Å². The fourth-order valence-corrected chi connectivity index (χ4v) is 2.34. The number of esters is 1. The van der Waals surface area contributed by atoms with E-state index in [-0.39, 0.29) is 18.5 Å². The Bertz CT molecular complexity index is 459. The molecule has 1 unspecified atom stereocenters. The standard InChI is InChI=1S/C13H16O4S/c1-15-11-7-10-8(5-12(11)18)3-4-9(17-10)6-13(14)16-2/h5,7,9,18H,3-4,6H2,1-2H3. The predicted molar refractivity (Wildman–Crippen MR) is 69.6 cm³/mol. The molecule has 0 radical (unpaired) electrons. The largest absolute Gasteiger partial charge is 0.495 e. The highest BCUT2D eigenvalue weighted by Gasteiger charge is 2.23. The average molecular weight is 268 g/mol. The van der Waals surface area contributed by atoms with Crippen molar-refractivity contribution in [2.45, 2.75) is 30.3 Å². The monoisotopic (exact) mass is 268 g/mol. The van der Waals surface area contributed by atoms with E-state index in [0.29, 0.717) is 5.75 Å². The minimum Gasteiger partial charge on any atom is -0.495 e. The summed E-state index contributed by atoms with van der Waals surface area (Å²) in [4.78, 5) is 12.0. The van der Waals surface area contributed by atoms with Gasteiger partial charge in [0.15, 0.2) is 0 Å². The van der Waals surface area contributed by atoms with Gasteiger partial charge in [0, 0.05) is 11.0 Å². The molecule has 1 heterocycles. The van der Waals surface area contributed by atoms with E-state index in [1.807, 2.05) is 12.1 Å². The topological polar surface area (TPSA) is 44.8 Å². The number of methoxy groups -OCH3 is 2. The smallest absolute Gasteiger partial charge is 0.309 e. The molecule has 5 heteroatoms. The lowest BCUT2D eigenvalue weighted by Crippen LogP contribution is -2.26. The summed E-state index contributed by atoms with van der Waals surface area (Å²) in [6.07, 6.45) is 1.83. The number of aryl methyl sites for hydroxylation is 1. The lowest BCUT2D eigenvalue weighted by molar-refractivity contribution is -0.142. The first-order valence-corrected chi connectivity index (χ1v) is 6.22. The van der Waals surface area contributed by atoms with Crippen molar-refractivity contribution in [3.63, 3.8) is 0 Å². The van der Waals surface area contributed by atoms with Crippen LogP contribution in [0.1, 0.15) is 18.4 Å². The highest BCUT2D eigenvalue weighted by molar-refractivity contribution is 7.80. The third kappa shape index (κ3) is 2.72. The summed E-state index contributed by atoms with van der Waals surface area (Å²) in [5.74, 6) is 1.20. The van der Waals surface area contributed by atoms with Crippen LogP contribution in [-0.4, -0.2) is 26.3 Å². The van der Waals surface area contributed by atoms with Crippen LogP contribution < -0.4 is 9.47 Å². The van der Waals surface area contributed by atoms with Crippen LogP contribution in [0.4, 0.5) is 0 Å². The summed E-state index contributed by atoms with van der Waals surface area (Å²) in [6.45, 7) is 0. The van der Waals surface area contributed by atoms with Crippen LogP contribution in [0.5, 0.6) is 11.5 Å². The van der Waals surface area contributed by atoms with E-state index in [9.17, 15) is 4.79 Å². The van der Waals surface area contributed by atoms with Gasteiger partial charge in [0.2, 0.25) is 0 Å². The molecular weight excluding hydrogens is 252 g/mol. The van der Waals surface area contributed by atoms with E-state index in [1.165, 1.54) is 7.11 Å². The van der Waals surface area contributed by atoms with Crippen molar-refractivity contribution in [3.8, 4) is 11.5 Å². The first kappa shape index (κ1) is 13.1. The Morgan fingerprint density at radius 1 is 1.50 bits per heavy atom. The van der Waals surface area contributed by atoms with Crippen molar-refractivity contribution in [3.05, 3.63) is 17.7 Å². The van der Waals surface area contributed by atoms with Gasteiger partial charge in [-0.25, -0.2) is 0 Å². The number of carbonyl (C=O) groups excluding carboxylic acids is 1. The molecule has 0 aliphatic carbocycles. The Morgan fingerprint density at radius 3 is 2.94 bits per heavy atom. The third-order valence-electron chi connectivity index (χ3n) is 3.01. The van der Waals surface area contributed by atoms with Crippen molar-refractivity contribution < 1.29 is 19.0 Å². The number of rotatable bonds is 3. The van der Waals surface area contributed by atoms with E-state index in [4.69, 9.17) is 9.47 Å². The molecule has 0 saturated carbocycles. The molecule has 1 aliphatic rings. The molecule has 0 fully saturated rings. The molecule has 0 N–H and O–H groups in total. The highest BCUT2D eigenvalue weighted by atomic mass is 32.1. The first-order chi connectivity index (χ1) is 8.63. The van der Waals surface area contributed by atoms with Gasteiger partial charge >= 0.3 is 5.97 Å². The number of benzene rings is 1. The molecule has 2 rings (SSSR count). The average Bonchev–Trinajstić information content (AvgIpc) is 2.38. The summed E-state index contributed by atoms with van der Waals surface area (Å²) in [6, 6.07) is 3.77. The number of ether oxygens (including phenoxy) is 3. The van der Waals surface area contributed by atoms with E-state index in [1.54, 1.807) is 7.11 Å². The van der Waals surface area contributed by atoms with Crippen LogP contribution in [0.25, 0.3) is 0 Å². The van der Waals surface area contributed by atoms with Gasteiger partial charge in [-0.3, -0.25) is 4.79 Å². The van der Waals surface area contributed by atoms with Gasteiger partial charge < -0.3 is 14.2 Å². The SMILES string of the molecule is COC(=O)CC1CCc2cc(S)c(OC)cc2O1. The van der Waals surface area contributed by atoms with Gasteiger partial charge in [0.25, 0.3) is 0 Å². The Kier molecular flexibility index (Phi) is 4.01. The van der Waals surface area contributed by atoms with Crippen molar-refractivity contribution >= 4 is 18.6 Å². The van der Waals surface area contributed by atoms with Gasteiger partial charge in [-0.2, -0.15) is 0 Å². The van der Waals surface area contributed by atoms with Gasteiger partial charge in [-0.1, -0.05) is 0 Å². The molecule has 0 aromatic heterocycles. The summed E-state index contributed by atoms with van der Waals surface area (Å²) < 4.78 is 15.6. The summed E-state index contributed by atoms with van der Waals surface area (Å²) in [7, 11) is 2.98. The van der Waals surface area contributed by atoms with Crippen molar-refractivity contribution in [1.82, 2.24) is 0 Å². The Hall–Kier alpha value is -1.36. The van der Waals surface area contributed by atoms with Gasteiger partial charge in [-0.15, -0.1) is 12.6 Å². The van der Waals surface area contributed by atoms with Gasteiger partial charge in [-0.05, 0) is 24.5 Å². The number of thiol groups is 1. The summed E-state index contributed by atoms with van der Waals surface area (Å²) in [5, 5.41) is 0. The molecule has 0 amide bonds. The molecule has 1 aromatic rings. The lowest BCUT2D eigenvalue weighted by Gasteiger charge is -2.26. The Morgan fingerprint density at radius 2 is 2.28 bits per heavy atom. The van der Waals surface area contributed by atoms with Gasteiger partial charge in [0.05, 0.1) is 20.6 Å². The van der Waals surface area contributed by atoms with Gasteiger partial charge in [0.1, 0.15) is 17.6 Å². The van der Waals surface area contributed by atoms with Crippen LogP contribution in [0.3, 0.4) is 0 Å². The second-order valence-corrected chi connectivity index (χ2v) is 4.67. The van der Waals surface area contributed by atoms with Crippen LogP contribution in [0, 0.1) is 0 Å². The molecule has 0 bridgehead atoms. The maximum atomic E-state index is 11.2. The number of hydrogen-bond donors (Lipinski definition) is 1. The number of carbonyl (C=O) groups is 1. The van der Waals surface area contributed by atoms with E-state index >= 15 is 0 Å². The molecule has 18 heavy (non-hydrogen) atoms. The van der Waals surface area contributed by atoms with E-state index in [2.05, 4.69) is 17.4 Å². The van der Waals surface area contributed by atoms with Crippen LogP contribution in [0.2, 0.25) is 0 Å². The molecule has 4 nitrogen and oxygen atoms in total. The van der Waals surface area contributed by atoms with E-state index < -0.39 is 0 Å². The summed E-state index contributed by atoms with van der Waals surface area (Å²) in [5.41, 5.74) is 1.10. The van der Waals surface area contributed by atoms with Crippen molar-refractivity contribution in [1.29, 1.82) is 0 Å². The maximum Gasteiger partial charge on any atom is 0.309 e. The fourth-order valence-electron chi connectivity index (χ4n) is 2.03. The second kappa shape index (κ2) is 5.52. The Balaban J connectivity index is 2.15. The van der Waals surface area contributed by atoms with E-state index in [0.717, 1.165) is 29.1 Å². The predicted octanol–water partition coefficient (Wildman–Crippen LogP) is 2.24. The summed E-state index contributed by atoms with van der Waals surface area (Å²) >= 11 is 4.35. The first-order valence-electron chi connectivity index (χ1n) is 5.77. The van der Waals surface area contributed by atoms with Crippen LogP contribution in [0.15, 0.2) is 17.0 Å². The molecule has 1 aromatic carbocycles. The molecule has 0 spiro atoms. The van der Waals surface area contributed by atoms with Crippen molar-refractivity contribution in [2.24, 2.45) is 0 Å². The maximum absolute atomic E-state index is 11.2. The minimum absolute atomic E-state index is 0.125. The highest BCUT2D eigenvalue weighted by Crippen LogP contribution is 2.36. The molecule has 0 saturated heterocycles. The minimum atomic E-state index is -0.249. The zero-order chi connectivity index (χ0) is 13.1. The molecular formula is C13H16O4S. The second-order valence-electron chi connectivity index (χ2n) is 4.19. The number of fused-ring (bicyclic) bond motifs is 1.